The Labute approximate surface area is 344 Å². The zero-order chi connectivity index (χ0) is 38.6. The van der Waals surface area contributed by atoms with E-state index in [9.17, 15) is 31.0 Å². The van der Waals surface area contributed by atoms with E-state index >= 15 is 0 Å². The summed E-state index contributed by atoms with van der Waals surface area (Å²) in [7, 11) is -6.53. The summed E-state index contributed by atoms with van der Waals surface area (Å²) < 4.78 is 69.8. The second-order valence-electron chi connectivity index (χ2n) is 15.4. The van der Waals surface area contributed by atoms with Crippen LogP contribution in [0, 0.1) is 0 Å². The number of anilines is 2. The van der Waals surface area contributed by atoms with E-state index in [0.717, 1.165) is 58.9 Å². The van der Waals surface area contributed by atoms with Crippen LogP contribution in [-0.4, -0.2) is 86.1 Å². The van der Waals surface area contributed by atoms with Crippen LogP contribution in [0.3, 0.4) is 0 Å². The Kier molecular flexibility index (Phi) is 14.8. The van der Waals surface area contributed by atoms with Gasteiger partial charge in [0.15, 0.2) is 6.54 Å². The summed E-state index contributed by atoms with van der Waals surface area (Å²) in [6.07, 6.45) is 13.2. The first-order chi connectivity index (χ1) is 25.0. The number of benzene rings is 2. The quantitative estimate of drug-likeness (QED) is 0.132. The topological polar surface area (TPSA) is 144 Å². The fraction of sp³-hybridized carbons (Fsp3) is 0.488. The maximum Gasteiger partial charge on any atom is 1.00 e. The fourth-order valence-corrected chi connectivity index (χ4v) is 9.32. The number of hydrogen-bond donors (Lipinski definition) is 1. The van der Waals surface area contributed by atoms with E-state index in [0.29, 0.717) is 45.3 Å². The van der Waals surface area contributed by atoms with Crippen molar-refractivity contribution in [2.75, 3.05) is 54.6 Å². The van der Waals surface area contributed by atoms with Gasteiger partial charge in [0.25, 0.3) is 0 Å². The van der Waals surface area contributed by atoms with E-state index in [-0.39, 0.29) is 58.5 Å². The maximum absolute atomic E-state index is 11.3. The van der Waals surface area contributed by atoms with Gasteiger partial charge in [0.05, 0.1) is 20.2 Å². The van der Waals surface area contributed by atoms with Gasteiger partial charge in [0.2, 0.25) is 5.71 Å². The molecule has 54 heavy (non-hydrogen) atoms. The van der Waals surface area contributed by atoms with Crippen molar-refractivity contribution in [3.63, 3.8) is 0 Å². The summed E-state index contributed by atoms with van der Waals surface area (Å²) in [5, 5.41) is 10.0. The summed E-state index contributed by atoms with van der Waals surface area (Å²) in [6, 6.07) is 16.6. The Morgan fingerprint density at radius 3 is 1.50 bits per heavy atom. The van der Waals surface area contributed by atoms with Crippen LogP contribution in [0.25, 0.3) is 0 Å². The molecule has 1 aliphatic carbocycles. The number of fused-ring (bicyclic) bond motifs is 2. The molecule has 0 aromatic heterocycles. The molecule has 0 saturated heterocycles. The molecule has 2 aliphatic heterocycles. The van der Waals surface area contributed by atoms with Gasteiger partial charge in [-0.2, -0.15) is 0 Å². The molecule has 3 aliphatic rings. The van der Waals surface area contributed by atoms with E-state index in [1.165, 1.54) is 11.1 Å². The van der Waals surface area contributed by atoms with Gasteiger partial charge >= 0.3 is 29.6 Å². The Morgan fingerprint density at radius 1 is 0.704 bits per heavy atom. The Balaban J connectivity index is 0.00000650. The zero-order valence-corrected chi connectivity index (χ0v) is 36.3. The molecular weight excluding hydrogens is 734 g/mol. The van der Waals surface area contributed by atoms with Gasteiger partial charge in [0, 0.05) is 69.3 Å². The number of hydrogen-bond acceptors (Lipinski definition) is 9. The Morgan fingerprint density at radius 2 is 1.11 bits per heavy atom. The molecule has 288 valence electrons. The first-order valence-corrected chi connectivity index (χ1v) is 21.7. The second kappa shape index (κ2) is 18.1. The second-order valence-corrected chi connectivity index (χ2v) is 18.4. The van der Waals surface area contributed by atoms with Gasteiger partial charge in [-0.15, -0.1) is 0 Å². The third-order valence-corrected chi connectivity index (χ3v) is 12.4. The van der Waals surface area contributed by atoms with Gasteiger partial charge in [-0.3, -0.25) is 0 Å². The van der Waals surface area contributed by atoms with Crippen LogP contribution in [0.4, 0.5) is 11.4 Å². The summed E-state index contributed by atoms with van der Waals surface area (Å²) in [4.78, 5) is 4.51. The molecule has 13 heteroatoms. The van der Waals surface area contributed by atoms with Gasteiger partial charge in [-0.1, -0.05) is 76.2 Å². The van der Waals surface area contributed by atoms with Crippen LogP contribution >= 0.6 is 0 Å². The van der Waals surface area contributed by atoms with E-state index < -0.39 is 20.2 Å². The number of rotatable bonds is 14. The molecule has 0 bridgehead atoms. The number of unbranched alkanes of at least 4 members (excludes halogenated alkanes) is 2. The average Bonchev–Trinajstić information content (AvgIpc) is 3.44. The summed E-state index contributed by atoms with van der Waals surface area (Å²) in [5.41, 5.74) is 9.56. The smallest absolute Gasteiger partial charge is 0.748 e. The van der Waals surface area contributed by atoms with Gasteiger partial charge in [-0.25, -0.2) is 21.4 Å². The fourth-order valence-electron chi connectivity index (χ4n) is 8.21. The molecule has 2 aromatic rings. The van der Waals surface area contributed by atoms with Gasteiger partial charge in [0.1, 0.15) is 13.7 Å². The summed E-state index contributed by atoms with van der Waals surface area (Å²) in [6.45, 7) is 10.5. The first-order valence-electron chi connectivity index (χ1n) is 18.6. The average molecular weight is 788 g/mol. The van der Waals surface area contributed by atoms with Crippen molar-refractivity contribution >= 4 is 37.3 Å². The van der Waals surface area contributed by atoms with E-state index in [1.807, 2.05) is 31.3 Å². The van der Waals surface area contributed by atoms with Crippen molar-refractivity contribution < 1.29 is 65.2 Å². The molecule has 0 atom stereocenters. The number of likely N-dealkylation sites (N-methyl/N-ethyl adjacent to an activating group) is 1. The molecule has 0 spiro atoms. The number of aliphatic hydroxyl groups is 1. The number of para-hydroxylation sites is 2. The molecule has 2 heterocycles. The third kappa shape index (κ3) is 10.2. The molecule has 1 fully saturated rings. The van der Waals surface area contributed by atoms with Crippen molar-refractivity contribution in [1.82, 2.24) is 0 Å². The SMILES string of the molecule is C[N+](CCO)=C1/C(=C/C=C2/N(CCCCS(=O)(=O)[O-])c3ccccc3C2(C)C)CCC/C1=C\C=C1\N(CCCCS(=O)(=O)[O-])c2ccccc2C1(C)C.[Na+]. The minimum absolute atomic E-state index is 0. The monoisotopic (exact) mass is 787 g/mol. The summed E-state index contributed by atoms with van der Waals surface area (Å²) >= 11 is 0. The largest absolute Gasteiger partial charge is 1.00 e. The zero-order valence-electron chi connectivity index (χ0n) is 32.7. The molecule has 0 amide bonds. The molecule has 5 rings (SSSR count). The molecule has 1 saturated carbocycles. The predicted molar refractivity (Wildman–Crippen MR) is 211 cm³/mol. The summed E-state index contributed by atoms with van der Waals surface area (Å²) in [5.74, 6) is -0.745. The molecule has 2 aromatic carbocycles. The van der Waals surface area contributed by atoms with Crippen LogP contribution in [-0.2, 0) is 31.1 Å². The van der Waals surface area contributed by atoms with Crippen LogP contribution in [0.1, 0.15) is 83.8 Å². The van der Waals surface area contributed by atoms with Crippen LogP contribution < -0.4 is 39.4 Å². The van der Waals surface area contributed by atoms with Gasteiger partial charge < -0.3 is 24.0 Å². The molecule has 1 N–H and O–H groups in total. The normalized spacial score (nSPS) is 20.9. The standard InChI is InChI=1S/C41H55N3O7S2.Na/c1-40(2)33-17-6-8-19-35(33)43(25-10-12-29-52(46,47)48)37(40)23-21-31-15-14-16-32(39(31)42(5)27-28-45)22-24-38-41(3,4)34-18-7-9-20-36(34)44(38)26-11-13-30-53(49,50)51;/h6-9,17-24,45H,10-16,25-30H2,1-5H3,(H-,46,47,48,49,50,51);/q;+1/p-1. The third-order valence-electron chi connectivity index (χ3n) is 10.9. The Hall–Kier alpha value is -2.55. The van der Waals surface area contributed by atoms with Crippen LogP contribution in [0.15, 0.2) is 95.4 Å². The van der Waals surface area contributed by atoms with Gasteiger partial charge in [-0.05, 0) is 80.4 Å². The van der Waals surface area contributed by atoms with E-state index in [1.54, 1.807) is 0 Å². The molecule has 10 nitrogen and oxygen atoms in total. The van der Waals surface area contributed by atoms with Crippen molar-refractivity contribution in [2.24, 2.45) is 0 Å². The molecule has 0 unspecified atom stereocenters. The minimum atomic E-state index is -4.27. The predicted octanol–water partition coefficient (Wildman–Crippen LogP) is 3.12. The number of nitrogens with zero attached hydrogens (tertiary/aromatic N) is 3. The number of allylic oxidation sites excluding steroid dienone is 8. The Bertz CT molecular complexity index is 1930. The van der Waals surface area contributed by atoms with Crippen molar-refractivity contribution in [2.45, 2.75) is 83.5 Å². The van der Waals surface area contributed by atoms with Crippen molar-refractivity contribution in [1.29, 1.82) is 0 Å². The van der Waals surface area contributed by atoms with E-state index in [2.05, 4.69) is 90.6 Å². The van der Waals surface area contributed by atoms with Crippen LogP contribution in [0.5, 0.6) is 0 Å². The van der Waals surface area contributed by atoms with E-state index in [4.69, 9.17) is 0 Å². The molecular formula is C41H54N3NaO7S2. The minimum Gasteiger partial charge on any atom is -0.748 e. The van der Waals surface area contributed by atoms with Crippen LogP contribution in [0.2, 0.25) is 0 Å². The number of aliphatic hydroxyl groups excluding tert-OH is 1. The first kappa shape index (κ1) is 44.2. The van der Waals surface area contributed by atoms with Crippen molar-refractivity contribution in [3.05, 3.63) is 107 Å². The maximum atomic E-state index is 11.3. The van der Waals surface area contributed by atoms with Crippen molar-refractivity contribution in [3.8, 4) is 0 Å². The molecule has 0 radical (unpaired) electrons.